The van der Waals surface area contributed by atoms with E-state index < -0.39 is 23.8 Å². The summed E-state index contributed by atoms with van der Waals surface area (Å²) >= 11 is 0. The Morgan fingerprint density at radius 1 is 0.667 bits per heavy atom. The number of ketones is 5. The summed E-state index contributed by atoms with van der Waals surface area (Å²) in [5.41, 5.74) is 6.33. The highest BCUT2D eigenvalue weighted by atomic mass is 16.2. The van der Waals surface area contributed by atoms with Crippen LogP contribution < -0.4 is 0 Å². The van der Waals surface area contributed by atoms with Gasteiger partial charge in [-0.25, -0.2) is 0 Å². The molecular weight excluding hydrogens is 787 g/mol. The quantitative estimate of drug-likeness (QED) is 0.0837. The Balaban J connectivity index is 1.03. The number of nitrogens with one attached hydrogen (secondary N) is 1. The Morgan fingerprint density at radius 2 is 1.33 bits per heavy atom. The highest BCUT2D eigenvalue weighted by molar-refractivity contribution is 5.97. The molecular formula is C54H65N3O6. The number of aromatic nitrogens is 1. The lowest BCUT2D eigenvalue weighted by Crippen LogP contribution is -2.42. The first-order valence-electron chi connectivity index (χ1n) is 23.4. The molecule has 9 nitrogen and oxygen atoms in total. The summed E-state index contributed by atoms with van der Waals surface area (Å²) in [6.45, 7) is 9.23. The first-order chi connectivity index (χ1) is 30.4. The molecule has 63 heavy (non-hydrogen) atoms. The number of rotatable bonds is 22. The summed E-state index contributed by atoms with van der Waals surface area (Å²) in [6, 6.07) is 25.1. The van der Waals surface area contributed by atoms with E-state index in [9.17, 15) is 28.8 Å². The number of carbonyl (C=O) groups excluding carboxylic acids is 6. The van der Waals surface area contributed by atoms with Crippen LogP contribution in [0.2, 0.25) is 0 Å². The predicted octanol–water partition coefficient (Wildman–Crippen LogP) is 9.15. The molecule has 0 bridgehead atoms. The Morgan fingerprint density at radius 3 is 2.10 bits per heavy atom. The predicted molar refractivity (Wildman–Crippen MR) is 248 cm³/mol. The van der Waals surface area contributed by atoms with Gasteiger partial charge in [0.25, 0.3) is 0 Å². The van der Waals surface area contributed by atoms with Gasteiger partial charge in [-0.05, 0) is 106 Å². The van der Waals surface area contributed by atoms with Crippen LogP contribution in [0.15, 0.2) is 91.1 Å². The second kappa shape index (κ2) is 20.9. The largest absolute Gasteiger partial charge is 0.361 e. The van der Waals surface area contributed by atoms with Gasteiger partial charge in [-0.3, -0.25) is 33.7 Å². The van der Waals surface area contributed by atoms with Crippen molar-refractivity contribution in [3.8, 4) is 0 Å². The van der Waals surface area contributed by atoms with Gasteiger partial charge in [0.2, 0.25) is 5.91 Å². The SMILES string of the molecule is CC(C)C(=O)[C@H](CC(=O)[C@H](CC(=O)[C@H]1CCCN1C(=O)CCC(=O)[C@H](CC(=O)[C@H]1CCCN1C(C)C)Cc1c[nH]c2ccccc12)Cc1ccccc1)CC1=CCc2ccccc21. The molecule has 1 aliphatic carbocycles. The number of para-hydroxylation sites is 1. The standard InChI is InChI=1S/C54H65N3O6/c1-35(2)54(63)42(29-39-23-22-38-16-8-9-17-44(38)39)33-50(59)40(28-37-14-6-5-7-15-37)31-52(61)48-21-13-27-57(48)53(62)25-24-49(58)41(30-43-34-55-46-19-11-10-18-45(43)46)32-51(60)47-20-12-26-56(47)36(3)4/h5-11,14-19,23,34-36,40-42,47-48,55H,12-13,20-22,24-33H2,1-4H3/t40-,41-,42-,47+,48+/m0/s1. The molecule has 2 saturated heterocycles. The van der Waals surface area contributed by atoms with Crippen LogP contribution in [0.3, 0.4) is 0 Å². The van der Waals surface area contributed by atoms with Gasteiger partial charge in [-0.2, -0.15) is 0 Å². The molecule has 3 aromatic carbocycles. The first-order valence-corrected chi connectivity index (χ1v) is 23.4. The average Bonchev–Trinajstić information content (AvgIpc) is 4.12. The molecule has 0 unspecified atom stereocenters. The topological polar surface area (TPSA) is 125 Å². The minimum atomic E-state index is -0.681. The summed E-state index contributed by atoms with van der Waals surface area (Å²) in [4.78, 5) is 91.7. The summed E-state index contributed by atoms with van der Waals surface area (Å²) in [5.74, 6) is -2.49. The number of Topliss-reactive ketones (excluding diaryl/α,β-unsaturated/α-hetero) is 5. The molecule has 0 saturated carbocycles. The van der Waals surface area contributed by atoms with E-state index in [1.165, 1.54) is 5.56 Å². The average molecular weight is 852 g/mol. The number of hydrogen-bond donors (Lipinski definition) is 1. The third-order valence-corrected chi connectivity index (χ3v) is 13.9. The fraction of sp³-hybridized carbons (Fsp3) is 0.481. The molecule has 0 spiro atoms. The number of hydrogen-bond acceptors (Lipinski definition) is 7. The van der Waals surface area contributed by atoms with Crippen LogP contribution in [-0.4, -0.2) is 80.8 Å². The molecule has 3 heterocycles. The van der Waals surface area contributed by atoms with Gasteiger partial charge in [0.15, 0.2) is 11.6 Å². The Labute approximate surface area is 373 Å². The number of carbonyl (C=O) groups is 6. The van der Waals surface area contributed by atoms with E-state index in [4.69, 9.17) is 0 Å². The lowest BCUT2D eigenvalue weighted by atomic mass is 9.80. The van der Waals surface area contributed by atoms with Gasteiger partial charge in [0.05, 0.1) is 12.1 Å². The maximum atomic E-state index is 14.4. The molecule has 2 fully saturated rings. The number of benzene rings is 3. The molecule has 9 heteroatoms. The van der Waals surface area contributed by atoms with Crippen molar-refractivity contribution in [2.45, 2.75) is 129 Å². The Bertz CT molecular complexity index is 2320. The van der Waals surface area contributed by atoms with Gasteiger partial charge in [0.1, 0.15) is 17.3 Å². The van der Waals surface area contributed by atoms with Crippen molar-refractivity contribution in [1.82, 2.24) is 14.8 Å². The van der Waals surface area contributed by atoms with Gasteiger partial charge < -0.3 is 9.88 Å². The van der Waals surface area contributed by atoms with E-state index in [0.29, 0.717) is 38.6 Å². The van der Waals surface area contributed by atoms with E-state index in [2.05, 4.69) is 41.9 Å². The number of likely N-dealkylation sites (tertiary alicyclic amines) is 2. The van der Waals surface area contributed by atoms with E-state index in [-0.39, 0.29) is 84.9 Å². The minimum absolute atomic E-state index is 0.0175. The van der Waals surface area contributed by atoms with Crippen molar-refractivity contribution < 1.29 is 28.8 Å². The normalized spacial score (nSPS) is 19.0. The molecule has 2 aliphatic heterocycles. The van der Waals surface area contributed by atoms with Crippen LogP contribution >= 0.6 is 0 Å². The molecule has 3 aliphatic rings. The molecule has 5 atom stereocenters. The van der Waals surface area contributed by atoms with Crippen LogP contribution in [0.25, 0.3) is 16.5 Å². The monoisotopic (exact) mass is 851 g/mol. The van der Waals surface area contributed by atoms with E-state index >= 15 is 0 Å². The molecule has 1 N–H and O–H groups in total. The third-order valence-electron chi connectivity index (χ3n) is 13.9. The zero-order valence-corrected chi connectivity index (χ0v) is 37.7. The van der Waals surface area contributed by atoms with E-state index in [0.717, 1.165) is 59.0 Å². The molecule has 7 rings (SSSR count). The number of fused-ring (bicyclic) bond motifs is 2. The molecule has 332 valence electrons. The molecule has 0 radical (unpaired) electrons. The smallest absolute Gasteiger partial charge is 0.223 e. The number of amides is 1. The molecule has 1 amide bonds. The van der Waals surface area contributed by atoms with Gasteiger partial charge >= 0.3 is 0 Å². The Kier molecular flexibility index (Phi) is 15.2. The lowest BCUT2D eigenvalue weighted by Gasteiger charge is -2.28. The zero-order valence-electron chi connectivity index (χ0n) is 37.7. The van der Waals surface area contributed by atoms with Crippen LogP contribution in [0.5, 0.6) is 0 Å². The highest BCUT2D eigenvalue weighted by Crippen LogP contribution is 2.35. The van der Waals surface area contributed by atoms with Crippen molar-refractivity contribution in [2.75, 3.05) is 13.1 Å². The van der Waals surface area contributed by atoms with Crippen LogP contribution in [0.4, 0.5) is 0 Å². The second-order valence-electron chi connectivity index (χ2n) is 18.9. The molecule has 4 aromatic rings. The number of allylic oxidation sites excluding steroid dienone is 2. The number of nitrogens with zero attached hydrogens (tertiary/aromatic N) is 2. The van der Waals surface area contributed by atoms with Gasteiger partial charge in [-0.1, -0.05) is 92.7 Å². The van der Waals surface area contributed by atoms with Crippen molar-refractivity contribution >= 4 is 51.3 Å². The maximum Gasteiger partial charge on any atom is 0.223 e. The zero-order chi connectivity index (χ0) is 44.6. The second-order valence-corrected chi connectivity index (χ2v) is 18.9. The molecule has 1 aromatic heterocycles. The van der Waals surface area contributed by atoms with Crippen LogP contribution in [0.1, 0.15) is 114 Å². The number of H-pyrrole nitrogens is 1. The highest BCUT2D eigenvalue weighted by Gasteiger charge is 2.39. The fourth-order valence-electron chi connectivity index (χ4n) is 10.5. The van der Waals surface area contributed by atoms with E-state index in [1.807, 2.05) is 86.8 Å². The van der Waals surface area contributed by atoms with Crippen molar-refractivity contribution in [1.29, 1.82) is 0 Å². The summed E-state index contributed by atoms with van der Waals surface area (Å²) in [5, 5.41) is 1.02. The first kappa shape index (κ1) is 45.7. The summed E-state index contributed by atoms with van der Waals surface area (Å²) < 4.78 is 0. The van der Waals surface area contributed by atoms with Crippen LogP contribution in [-0.2, 0) is 48.0 Å². The fourth-order valence-corrected chi connectivity index (χ4v) is 10.5. The van der Waals surface area contributed by atoms with E-state index in [1.54, 1.807) is 4.90 Å². The maximum absolute atomic E-state index is 14.4. The number of aromatic amines is 1. The van der Waals surface area contributed by atoms with Crippen molar-refractivity contribution in [3.63, 3.8) is 0 Å². The minimum Gasteiger partial charge on any atom is -0.361 e. The summed E-state index contributed by atoms with van der Waals surface area (Å²) in [6.07, 6.45) is 9.09. The third kappa shape index (κ3) is 11.1. The lowest BCUT2D eigenvalue weighted by molar-refractivity contribution is -0.140. The van der Waals surface area contributed by atoms with Gasteiger partial charge in [0, 0.05) is 85.5 Å². The Hall–Kier alpha value is -5.28. The van der Waals surface area contributed by atoms with Gasteiger partial charge in [-0.15, -0.1) is 0 Å². The van der Waals surface area contributed by atoms with Crippen molar-refractivity contribution in [3.05, 3.63) is 113 Å². The van der Waals surface area contributed by atoms with Crippen molar-refractivity contribution in [2.24, 2.45) is 23.7 Å². The van der Waals surface area contributed by atoms with Crippen LogP contribution in [0, 0.1) is 23.7 Å². The summed E-state index contributed by atoms with van der Waals surface area (Å²) in [7, 11) is 0.